The van der Waals surface area contributed by atoms with Crippen LogP contribution in [0.5, 0.6) is 5.75 Å². The van der Waals surface area contributed by atoms with Gasteiger partial charge in [-0.3, -0.25) is 4.90 Å². The van der Waals surface area contributed by atoms with Crippen LogP contribution in [0.25, 0.3) is 0 Å². The van der Waals surface area contributed by atoms with Crippen LogP contribution in [0.3, 0.4) is 0 Å². The van der Waals surface area contributed by atoms with Crippen LogP contribution in [0.4, 0.5) is 8.78 Å². The summed E-state index contributed by atoms with van der Waals surface area (Å²) in [7, 11) is -1.66. The van der Waals surface area contributed by atoms with Gasteiger partial charge in [0.25, 0.3) is 0 Å². The van der Waals surface area contributed by atoms with Crippen LogP contribution in [-0.4, -0.2) is 69.6 Å². The van der Waals surface area contributed by atoms with Crippen molar-refractivity contribution >= 4 is 9.84 Å². The third-order valence-electron chi connectivity index (χ3n) is 6.62. The number of ether oxygens (including phenoxy) is 2. The van der Waals surface area contributed by atoms with E-state index >= 15 is 0 Å². The Morgan fingerprint density at radius 1 is 1.10 bits per heavy atom. The number of halogens is 2. The molecule has 6 nitrogen and oxygen atoms in total. The van der Waals surface area contributed by atoms with Crippen LogP contribution in [0.1, 0.15) is 32.1 Å². The number of nitrogens with one attached hydrogen (secondary N) is 1. The number of piperidine rings is 1. The average Bonchev–Trinajstić information content (AvgIpc) is 2.95. The van der Waals surface area contributed by atoms with Gasteiger partial charge in [0.1, 0.15) is 5.75 Å². The van der Waals surface area contributed by atoms with E-state index in [1.165, 1.54) is 24.3 Å². The summed E-state index contributed by atoms with van der Waals surface area (Å²) >= 11 is 0. The van der Waals surface area contributed by atoms with Gasteiger partial charge in [-0.15, -0.1) is 0 Å². The Morgan fingerprint density at radius 2 is 1.79 bits per heavy atom. The van der Waals surface area contributed by atoms with Gasteiger partial charge in [-0.25, -0.2) is 8.42 Å². The minimum atomic E-state index is -3.59. The number of hydrogen-bond acceptors (Lipinski definition) is 6. The second kappa shape index (κ2) is 8.45. The van der Waals surface area contributed by atoms with Gasteiger partial charge in [0.05, 0.1) is 10.1 Å². The third kappa shape index (κ3) is 4.15. The molecular weight excluding hydrogens is 402 g/mol. The molecule has 0 amide bonds. The molecule has 4 rings (SSSR count). The van der Waals surface area contributed by atoms with E-state index in [0.717, 1.165) is 38.9 Å². The summed E-state index contributed by atoms with van der Waals surface area (Å²) in [5, 5.41) is 2.84. The molecule has 3 aliphatic rings. The summed E-state index contributed by atoms with van der Waals surface area (Å²) in [5.74, 6) is -0.0387. The lowest BCUT2D eigenvalue weighted by Crippen LogP contribution is -2.55. The van der Waals surface area contributed by atoms with Crippen molar-refractivity contribution in [2.24, 2.45) is 0 Å². The van der Waals surface area contributed by atoms with E-state index < -0.39 is 21.7 Å². The number of sulfone groups is 1. The van der Waals surface area contributed by atoms with Crippen LogP contribution in [-0.2, 0) is 14.6 Å². The Kier molecular flexibility index (Phi) is 6.11. The van der Waals surface area contributed by atoms with Crippen molar-refractivity contribution in [1.29, 1.82) is 0 Å². The highest BCUT2D eigenvalue weighted by atomic mass is 32.2. The molecule has 0 spiro atoms. The smallest absolute Gasteiger partial charge is 0.387 e. The molecule has 2 bridgehead atoms. The second-order valence-electron chi connectivity index (χ2n) is 8.14. The van der Waals surface area contributed by atoms with E-state index in [1.54, 1.807) is 0 Å². The van der Waals surface area contributed by atoms with Crippen molar-refractivity contribution in [3.05, 3.63) is 24.3 Å². The van der Waals surface area contributed by atoms with Crippen molar-refractivity contribution in [3.8, 4) is 5.75 Å². The Bertz CT molecular complexity index is 799. The second-order valence-corrected chi connectivity index (χ2v) is 10.3. The predicted octanol–water partition coefficient (Wildman–Crippen LogP) is 2.43. The maximum Gasteiger partial charge on any atom is 0.387 e. The number of fused-ring (bicyclic) bond motifs is 2. The van der Waals surface area contributed by atoms with E-state index in [-0.39, 0.29) is 22.7 Å². The van der Waals surface area contributed by atoms with Crippen LogP contribution in [0.15, 0.2) is 29.2 Å². The van der Waals surface area contributed by atoms with Crippen molar-refractivity contribution in [2.75, 3.05) is 20.3 Å². The first-order valence-corrected chi connectivity index (χ1v) is 11.8. The molecule has 0 radical (unpaired) electrons. The molecule has 3 aliphatic heterocycles. The first-order chi connectivity index (χ1) is 13.9. The molecule has 3 heterocycles. The number of nitrogens with zero attached hydrogens (tertiary/aromatic N) is 1. The third-order valence-corrected chi connectivity index (χ3v) is 8.85. The lowest BCUT2D eigenvalue weighted by atomic mass is 9.93. The zero-order chi connectivity index (χ0) is 20.6. The van der Waals surface area contributed by atoms with Gasteiger partial charge in [0.15, 0.2) is 9.84 Å². The SMILES string of the molecule is CNC1CC2CC(S(=O)(=O)c3ccc(OC(F)F)cc3)C(C1)N2C1CCOCC1. The Balaban J connectivity index is 1.59. The van der Waals surface area contributed by atoms with Crippen molar-refractivity contribution < 1.29 is 26.7 Å². The van der Waals surface area contributed by atoms with E-state index in [4.69, 9.17) is 4.74 Å². The number of hydrogen-bond donors (Lipinski definition) is 1. The minimum Gasteiger partial charge on any atom is -0.435 e. The Labute approximate surface area is 170 Å². The molecule has 3 saturated heterocycles. The maximum atomic E-state index is 13.5. The predicted molar refractivity (Wildman–Crippen MR) is 104 cm³/mol. The quantitative estimate of drug-likeness (QED) is 0.748. The van der Waals surface area contributed by atoms with Crippen molar-refractivity contribution in [3.63, 3.8) is 0 Å². The fourth-order valence-electron chi connectivity index (χ4n) is 5.32. The summed E-state index contributed by atoms with van der Waals surface area (Å²) in [6.07, 6.45) is 4.21. The molecule has 162 valence electrons. The first-order valence-electron chi connectivity index (χ1n) is 10.2. The summed E-state index contributed by atoms with van der Waals surface area (Å²) < 4.78 is 61.5. The molecule has 4 unspecified atom stereocenters. The lowest BCUT2D eigenvalue weighted by molar-refractivity contribution is -0.0498. The highest BCUT2D eigenvalue weighted by Gasteiger charge is 2.53. The standard InChI is InChI=1S/C20H28F2N2O4S/c1-23-13-10-15-12-19(18(11-13)24(15)14-6-8-27-9-7-14)29(25,26)17-4-2-16(3-5-17)28-20(21)22/h2-5,13-15,18-20,23H,6-12H2,1H3. The topological polar surface area (TPSA) is 67.9 Å². The van der Waals surface area contributed by atoms with Crippen LogP contribution < -0.4 is 10.1 Å². The van der Waals surface area contributed by atoms with Gasteiger partial charge in [-0.05, 0) is 63.4 Å². The van der Waals surface area contributed by atoms with Gasteiger partial charge in [0.2, 0.25) is 0 Å². The van der Waals surface area contributed by atoms with Crippen molar-refractivity contribution in [2.45, 2.75) is 73.0 Å². The highest BCUT2D eigenvalue weighted by molar-refractivity contribution is 7.92. The molecule has 0 aliphatic carbocycles. The minimum absolute atomic E-state index is 0.0387. The Hall–Kier alpha value is -1.29. The maximum absolute atomic E-state index is 13.5. The van der Waals surface area contributed by atoms with E-state index in [0.29, 0.717) is 18.5 Å². The normalized spacial score (nSPS) is 31.3. The number of benzene rings is 1. The van der Waals surface area contributed by atoms with Gasteiger partial charge in [-0.2, -0.15) is 8.78 Å². The molecule has 1 N–H and O–H groups in total. The molecule has 4 atom stereocenters. The van der Waals surface area contributed by atoms with Crippen LogP contribution >= 0.6 is 0 Å². The van der Waals surface area contributed by atoms with Gasteiger partial charge >= 0.3 is 6.61 Å². The van der Waals surface area contributed by atoms with Gasteiger partial charge < -0.3 is 14.8 Å². The van der Waals surface area contributed by atoms with E-state index in [9.17, 15) is 17.2 Å². The Morgan fingerprint density at radius 3 is 2.41 bits per heavy atom. The molecular formula is C20H28F2N2O4S. The van der Waals surface area contributed by atoms with Crippen LogP contribution in [0, 0.1) is 0 Å². The molecule has 9 heteroatoms. The fraction of sp³-hybridized carbons (Fsp3) is 0.700. The zero-order valence-corrected chi connectivity index (χ0v) is 17.3. The largest absolute Gasteiger partial charge is 0.435 e. The molecule has 0 saturated carbocycles. The van der Waals surface area contributed by atoms with Gasteiger partial charge in [-0.1, -0.05) is 0 Å². The average molecular weight is 431 g/mol. The van der Waals surface area contributed by atoms with Crippen molar-refractivity contribution in [1.82, 2.24) is 10.2 Å². The van der Waals surface area contributed by atoms with Crippen LogP contribution in [0.2, 0.25) is 0 Å². The molecule has 3 fully saturated rings. The molecule has 1 aromatic carbocycles. The zero-order valence-electron chi connectivity index (χ0n) is 16.5. The van der Waals surface area contributed by atoms with Gasteiger partial charge in [0, 0.05) is 37.4 Å². The summed E-state index contributed by atoms with van der Waals surface area (Å²) in [6, 6.07) is 6.21. The monoisotopic (exact) mass is 430 g/mol. The number of rotatable bonds is 6. The fourth-order valence-corrected chi connectivity index (χ4v) is 7.33. The first kappa shape index (κ1) is 21.0. The lowest BCUT2D eigenvalue weighted by Gasteiger charge is -2.45. The summed E-state index contributed by atoms with van der Waals surface area (Å²) in [4.78, 5) is 2.62. The summed E-state index contributed by atoms with van der Waals surface area (Å²) in [5.41, 5.74) is 0. The molecule has 0 aromatic heterocycles. The highest BCUT2D eigenvalue weighted by Crippen LogP contribution is 2.43. The summed E-state index contributed by atoms with van der Waals surface area (Å²) in [6.45, 7) is -1.49. The number of alkyl halides is 2. The molecule has 1 aromatic rings. The molecule has 29 heavy (non-hydrogen) atoms. The van der Waals surface area contributed by atoms with E-state index in [1.807, 2.05) is 7.05 Å². The van der Waals surface area contributed by atoms with E-state index in [2.05, 4.69) is 15.0 Å².